The largest absolute Gasteiger partial charge is 0.481 e. The van der Waals surface area contributed by atoms with E-state index in [4.69, 9.17) is 5.11 Å². The molecule has 2 aliphatic rings. The topological polar surface area (TPSA) is 69.6 Å². The van der Waals surface area contributed by atoms with Crippen LogP contribution < -0.4 is 5.32 Å². The first kappa shape index (κ1) is 14.9. The van der Waals surface area contributed by atoms with Crippen molar-refractivity contribution in [3.63, 3.8) is 0 Å². The van der Waals surface area contributed by atoms with Crippen LogP contribution in [0.3, 0.4) is 0 Å². The minimum Gasteiger partial charge on any atom is -0.481 e. The van der Waals surface area contributed by atoms with Crippen molar-refractivity contribution < 1.29 is 14.7 Å². The SMILES string of the molecule is CCN(C(=O)NC1C=CC(C(=O)O)C1)C1CCCCC1. The van der Waals surface area contributed by atoms with Gasteiger partial charge in [-0.3, -0.25) is 4.79 Å². The second kappa shape index (κ2) is 6.77. The molecule has 0 aliphatic heterocycles. The van der Waals surface area contributed by atoms with Crippen molar-refractivity contribution in [1.29, 1.82) is 0 Å². The molecule has 5 nitrogen and oxygen atoms in total. The van der Waals surface area contributed by atoms with Gasteiger partial charge in [0, 0.05) is 12.6 Å². The normalized spacial score (nSPS) is 26.4. The third-order valence-corrected chi connectivity index (χ3v) is 4.33. The third kappa shape index (κ3) is 3.52. The van der Waals surface area contributed by atoms with Gasteiger partial charge < -0.3 is 15.3 Å². The van der Waals surface area contributed by atoms with Gasteiger partial charge in [0.25, 0.3) is 0 Å². The Hall–Kier alpha value is -1.52. The van der Waals surface area contributed by atoms with Crippen LogP contribution in [-0.2, 0) is 4.79 Å². The number of nitrogens with zero attached hydrogens (tertiary/aromatic N) is 1. The van der Waals surface area contributed by atoms with E-state index in [0.29, 0.717) is 19.0 Å². The fourth-order valence-electron chi connectivity index (χ4n) is 3.19. The summed E-state index contributed by atoms with van der Waals surface area (Å²) in [5.74, 6) is -1.29. The number of rotatable bonds is 4. The van der Waals surface area contributed by atoms with Crippen LogP contribution in [0.1, 0.15) is 45.4 Å². The van der Waals surface area contributed by atoms with E-state index in [1.807, 2.05) is 11.8 Å². The molecule has 2 aliphatic carbocycles. The number of carboxylic acids is 1. The Bertz CT molecular complexity index is 389. The molecule has 112 valence electrons. The van der Waals surface area contributed by atoms with Gasteiger partial charge in [0.1, 0.15) is 0 Å². The van der Waals surface area contributed by atoms with Crippen molar-refractivity contribution in [2.75, 3.05) is 6.54 Å². The quantitative estimate of drug-likeness (QED) is 0.777. The highest BCUT2D eigenvalue weighted by Crippen LogP contribution is 2.23. The first-order chi connectivity index (χ1) is 9.61. The standard InChI is InChI=1S/C15H24N2O3/c1-2-17(13-6-4-3-5-7-13)15(20)16-12-9-8-11(10-12)14(18)19/h8-9,11-13H,2-7,10H2,1H3,(H,16,20)(H,18,19). The lowest BCUT2D eigenvalue weighted by Gasteiger charge is -2.34. The molecule has 0 aromatic rings. The van der Waals surface area contributed by atoms with Crippen molar-refractivity contribution in [2.45, 2.75) is 57.5 Å². The zero-order valence-electron chi connectivity index (χ0n) is 12.0. The lowest BCUT2D eigenvalue weighted by molar-refractivity contribution is -0.140. The van der Waals surface area contributed by atoms with Gasteiger partial charge in [-0.15, -0.1) is 0 Å². The number of nitrogens with one attached hydrogen (secondary N) is 1. The van der Waals surface area contributed by atoms with Crippen LogP contribution in [0.15, 0.2) is 12.2 Å². The zero-order chi connectivity index (χ0) is 14.5. The van der Waals surface area contributed by atoms with Crippen LogP contribution in [0.25, 0.3) is 0 Å². The fraction of sp³-hybridized carbons (Fsp3) is 0.733. The van der Waals surface area contributed by atoms with E-state index < -0.39 is 11.9 Å². The Morgan fingerprint density at radius 1 is 1.25 bits per heavy atom. The Balaban J connectivity index is 1.87. The zero-order valence-corrected chi connectivity index (χ0v) is 12.0. The van der Waals surface area contributed by atoms with Gasteiger partial charge >= 0.3 is 12.0 Å². The summed E-state index contributed by atoms with van der Waals surface area (Å²) in [7, 11) is 0. The smallest absolute Gasteiger partial charge is 0.318 e. The minimum absolute atomic E-state index is 0.0555. The second-order valence-corrected chi connectivity index (χ2v) is 5.70. The number of urea groups is 1. The van der Waals surface area contributed by atoms with E-state index in [0.717, 1.165) is 12.8 Å². The molecule has 1 saturated carbocycles. The van der Waals surface area contributed by atoms with E-state index in [9.17, 15) is 9.59 Å². The first-order valence-electron chi connectivity index (χ1n) is 7.60. The van der Waals surface area contributed by atoms with Gasteiger partial charge in [-0.2, -0.15) is 0 Å². The van der Waals surface area contributed by atoms with E-state index >= 15 is 0 Å². The molecule has 2 unspecified atom stereocenters. The van der Waals surface area contributed by atoms with Gasteiger partial charge in [-0.05, 0) is 26.2 Å². The van der Waals surface area contributed by atoms with Crippen LogP contribution >= 0.6 is 0 Å². The van der Waals surface area contributed by atoms with E-state index in [1.165, 1.54) is 19.3 Å². The van der Waals surface area contributed by atoms with Gasteiger partial charge in [0.05, 0.1) is 12.0 Å². The van der Waals surface area contributed by atoms with Gasteiger partial charge in [0.2, 0.25) is 0 Å². The molecule has 2 amide bonds. The van der Waals surface area contributed by atoms with Crippen molar-refractivity contribution >= 4 is 12.0 Å². The molecule has 0 aromatic carbocycles. The molecule has 5 heteroatoms. The Morgan fingerprint density at radius 3 is 2.50 bits per heavy atom. The Kier molecular flexibility index (Phi) is 5.04. The van der Waals surface area contributed by atoms with Crippen LogP contribution in [0.4, 0.5) is 4.79 Å². The predicted octanol–water partition coefficient (Wildman–Crippen LogP) is 2.38. The maximum Gasteiger partial charge on any atom is 0.318 e. The molecule has 0 bridgehead atoms. The van der Waals surface area contributed by atoms with E-state index in [2.05, 4.69) is 5.32 Å². The maximum atomic E-state index is 12.3. The Labute approximate surface area is 120 Å². The van der Waals surface area contributed by atoms with Crippen molar-refractivity contribution in [3.8, 4) is 0 Å². The molecule has 0 spiro atoms. The molecular weight excluding hydrogens is 256 g/mol. The molecule has 2 atom stereocenters. The predicted molar refractivity (Wildman–Crippen MR) is 76.5 cm³/mol. The molecule has 2 N–H and O–H groups in total. The van der Waals surface area contributed by atoms with Crippen molar-refractivity contribution in [1.82, 2.24) is 10.2 Å². The third-order valence-electron chi connectivity index (χ3n) is 4.33. The number of carbonyl (C=O) groups is 2. The lowest BCUT2D eigenvalue weighted by Crippen LogP contribution is -2.49. The Morgan fingerprint density at radius 2 is 1.95 bits per heavy atom. The first-order valence-corrected chi connectivity index (χ1v) is 7.60. The molecule has 0 heterocycles. The molecular formula is C15H24N2O3. The highest BCUT2D eigenvalue weighted by Gasteiger charge is 2.29. The van der Waals surface area contributed by atoms with Crippen LogP contribution in [0.2, 0.25) is 0 Å². The minimum atomic E-state index is -0.822. The average molecular weight is 280 g/mol. The molecule has 0 saturated heterocycles. The summed E-state index contributed by atoms with van der Waals surface area (Å²) in [6, 6.07) is 0.135. The van der Waals surface area contributed by atoms with E-state index in [-0.39, 0.29) is 12.1 Å². The highest BCUT2D eigenvalue weighted by atomic mass is 16.4. The molecule has 2 rings (SSSR count). The number of aliphatic carboxylic acids is 1. The number of carboxylic acid groups (broad SMARTS) is 1. The van der Waals surface area contributed by atoms with Gasteiger partial charge in [-0.1, -0.05) is 31.4 Å². The molecule has 0 radical (unpaired) electrons. The molecule has 1 fully saturated rings. The summed E-state index contributed by atoms with van der Waals surface area (Å²) in [5.41, 5.74) is 0. The van der Waals surface area contributed by atoms with Crippen molar-refractivity contribution in [2.24, 2.45) is 5.92 Å². The number of amides is 2. The summed E-state index contributed by atoms with van der Waals surface area (Å²) in [5, 5.41) is 11.9. The molecule has 0 aromatic heterocycles. The van der Waals surface area contributed by atoms with Crippen LogP contribution in [0, 0.1) is 5.92 Å². The number of carbonyl (C=O) groups excluding carboxylic acids is 1. The average Bonchev–Trinajstić information content (AvgIpc) is 2.89. The van der Waals surface area contributed by atoms with Crippen LogP contribution in [-0.4, -0.2) is 40.6 Å². The monoisotopic (exact) mass is 280 g/mol. The number of hydrogen-bond donors (Lipinski definition) is 2. The second-order valence-electron chi connectivity index (χ2n) is 5.70. The lowest BCUT2D eigenvalue weighted by atomic mass is 9.94. The summed E-state index contributed by atoms with van der Waals surface area (Å²) in [6.07, 6.45) is 9.75. The maximum absolute atomic E-state index is 12.3. The molecule has 20 heavy (non-hydrogen) atoms. The van der Waals surface area contributed by atoms with Gasteiger partial charge in [0.15, 0.2) is 0 Å². The van der Waals surface area contributed by atoms with Gasteiger partial charge in [-0.25, -0.2) is 4.79 Å². The summed E-state index contributed by atoms with van der Waals surface area (Å²) in [6.45, 7) is 2.70. The summed E-state index contributed by atoms with van der Waals surface area (Å²) < 4.78 is 0. The van der Waals surface area contributed by atoms with E-state index in [1.54, 1.807) is 12.2 Å². The summed E-state index contributed by atoms with van der Waals surface area (Å²) >= 11 is 0. The number of hydrogen-bond acceptors (Lipinski definition) is 2. The highest BCUT2D eigenvalue weighted by molar-refractivity contribution is 5.76. The fourth-order valence-corrected chi connectivity index (χ4v) is 3.19. The summed E-state index contributed by atoms with van der Waals surface area (Å²) in [4.78, 5) is 25.1. The van der Waals surface area contributed by atoms with Crippen molar-refractivity contribution in [3.05, 3.63) is 12.2 Å². The van der Waals surface area contributed by atoms with Crippen LogP contribution in [0.5, 0.6) is 0 Å².